The van der Waals surface area contributed by atoms with Crippen LogP contribution in [0, 0.1) is 24.6 Å². The number of carbonyl (C=O) groups is 3. The lowest BCUT2D eigenvalue weighted by Gasteiger charge is -2.45. The van der Waals surface area contributed by atoms with Gasteiger partial charge < -0.3 is 19.8 Å². The van der Waals surface area contributed by atoms with Gasteiger partial charge in [0.05, 0.1) is 23.2 Å². The number of piperazine rings is 1. The minimum Gasteiger partial charge on any atom is -0.481 e. The van der Waals surface area contributed by atoms with Crippen molar-refractivity contribution >= 4 is 17.9 Å². The van der Waals surface area contributed by atoms with Crippen LogP contribution in [0.25, 0.3) is 0 Å². The van der Waals surface area contributed by atoms with Crippen LogP contribution in [0.4, 0.5) is 35.5 Å². The number of halogens is 7. The fourth-order valence-electron chi connectivity index (χ4n) is 6.42. The van der Waals surface area contributed by atoms with E-state index in [9.17, 15) is 45.1 Å². The molecule has 2 aromatic rings. The molecule has 4 rings (SSSR count). The molecule has 0 aromatic heterocycles. The van der Waals surface area contributed by atoms with Crippen molar-refractivity contribution in [2.75, 3.05) is 26.7 Å². The van der Waals surface area contributed by atoms with E-state index >= 15 is 0 Å². The minimum absolute atomic E-state index is 0.00723. The minimum atomic E-state index is -5.05. The largest absolute Gasteiger partial charge is 0.481 e. The van der Waals surface area contributed by atoms with E-state index in [2.05, 4.69) is 0 Å². The average molecular weight is 660 g/mol. The molecule has 2 fully saturated rings. The molecule has 1 saturated heterocycles. The van der Waals surface area contributed by atoms with Gasteiger partial charge in [-0.3, -0.25) is 9.59 Å². The molecule has 0 spiro atoms. The van der Waals surface area contributed by atoms with E-state index < -0.39 is 53.4 Å². The Morgan fingerprint density at radius 2 is 1.52 bits per heavy atom. The third kappa shape index (κ3) is 7.92. The van der Waals surface area contributed by atoms with Gasteiger partial charge in [0.15, 0.2) is 0 Å². The maximum absolute atomic E-state index is 14.0. The molecule has 0 radical (unpaired) electrons. The summed E-state index contributed by atoms with van der Waals surface area (Å²) in [6.07, 6.45) is -7.84. The van der Waals surface area contributed by atoms with Gasteiger partial charge >= 0.3 is 24.4 Å². The zero-order valence-corrected chi connectivity index (χ0v) is 25.6. The van der Waals surface area contributed by atoms with Gasteiger partial charge in [0.1, 0.15) is 5.82 Å². The second-order valence-electron chi connectivity index (χ2n) is 12.2. The second kappa shape index (κ2) is 13.5. The lowest BCUT2D eigenvalue weighted by Crippen LogP contribution is -2.56. The number of hydrogen-bond donors (Lipinski definition) is 1. The molecule has 1 aliphatic heterocycles. The first-order valence-corrected chi connectivity index (χ1v) is 15.0. The molecule has 2 aromatic carbocycles. The van der Waals surface area contributed by atoms with Gasteiger partial charge in [-0.15, -0.1) is 0 Å². The molecule has 1 unspecified atom stereocenters. The summed E-state index contributed by atoms with van der Waals surface area (Å²) in [4.78, 5) is 42.7. The van der Waals surface area contributed by atoms with Crippen LogP contribution in [0.15, 0.2) is 36.4 Å². The quantitative estimate of drug-likeness (QED) is 0.327. The van der Waals surface area contributed by atoms with Crippen molar-refractivity contribution < 1.29 is 50.2 Å². The predicted octanol–water partition coefficient (Wildman–Crippen LogP) is 7.45. The number of rotatable bonds is 6. The molecule has 1 aliphatic carbocycles. The fourth-order valence-corrected chi connectivity index (χ4v) is 6.42. The zero-order chi connectivity index (χ0) is 34.1. The molecule has 2 aliphatic rings. The molecule has 14 heteroatoms. The number of amides is 3. The third-order valence-electron chi connectivity index (χ3n) is 9.16. The number of alkyl halides is 6. The van der Waals surface area contributed by atoms with Crippen molar-refractivity contribution in [1.29, 1.82) is 0 Å². The summed E-state index contributed by atoms with van der Waals surface area (Å²) in [5.74, 6) is -1.88. The van der Waals surface area contributed by atoms with Crippen LogP contribution in [0.2, 0.25) is 0 Å². The molecule has 2 atom stereocenters. The smallest absolute Gasteiger partial charge is 0.416 e. The molecule has 46 heavy (non-hydrogen) atoms. The van der Waals surface area contributed by atoms with E-state index in [0.29, 0.717) is 48.9 Å². The summed E-state index contributed by atoms with van der Waals surface area (Å²) in [5.41, 5.74) is -2.31. The highest BCUT2D eigenvalue weighted by molar-refractivity contribution is 5.80. The highest BCUT2D eigenvalue weighted by Gasteiger charge is 2.41. The molecule has 7 nitrogen and oxygen atoms in total. The Morgan fingerprint density at radius 1 is 0.935 bits per heavy atom. The van der Waals surface area contributed by atoms with Crippen LogP contribution in [0.5, 0.6) is 0 Å². The maximum Gasteiger partial charge on any atom is 0.416 e. The van der Waals surface area contributed by atoms with Crippen LogP contribution < -0.4 is 0 Å². The van der Waals surface area contributed by atoms with E-state index in [-0.39, 0.29) is 55.4 Å². The monoisotopic (exact) mass is 659 g/mol. The summed E-state index contributed by atoms with van der Waals surface area (Å²) < 4.78 is 95.2. The lowest BCUT2D eigenvalue weighted by molar-refractivity contribution is -0.144. The Balaban J connectivity index is 1.59. The molecule has 1 N–H and O–H groups in total. The second-order valence-corrected chi connectivity index (χ2v) is 12.2. The molecule has 1 saturated carbocycles. The summed E-state index contributed by atoms with van der Waals surface area (Å²) in [5, 5.41) is 9.09. The Labute approximate surface area is 261 Å². The number of aryl methyl sites for hydroxylation is 1. The van der Waals surface area contributed by atoms with Crippen molar-refractivity contribution in [2.45, 2.75) is 70.4 Å². The Kier molecular flexibility index (Phi) is 10.3. The SMILES string of the molecule is Cc1cc(F)ccc1[C@H]1CN(C(=O)C2CCC(CC(=O)O)CC2)CCN1C(=O)N(C)C(C)c1cc(C(F)(F)F)cc(C(F)(F)F)c1. The molecule has 3 amide bonds. The van der Waals surface area contributed by atoms with E-state index in [4.69, 9.17) is 5.11 Å². The first-order chi connectivity index (χ1) is 21.4. The summed E-state index contributed by atoms with van der Waals surface area (Å²) in [6.45, 7) is 3.13. The summed E-state index contributed by atoms with van der Waals surface area (Å²) >= 11 is 0. The Bertz CT molecular complexity index is 1420. The number of hydrogen-bond acceptors (Lipinski definition) is 3. The highest BCUT2D eigenvalue weighted by atomic mass is 19.4. The first-order valence-electron chi connectivity index (χ1n) is 15.0. The van der Waals surface area contributed by atoms with E-state index in [0.717, 1.165) is 4.90 Å². The van der Waals surface area contributed by atoms with E-state index in [1.807, 2.05) is 0 Å². The van der Waals surface area contributed by atoms with Gasteiger partial charge in [-0.05, 0) is 92.5 Å². The van der Waals surface area contributed by atoms with E-state index in [1.54, 1.807) is 11.8 Å². The molecule has 1 heterocycles. The third-order valence-corrected chi connectivity index (χ3v) is 9.16. The van der Waals surface area contributed by atoms with Gasteiger partial charge in [-0.25, -0.2) is 9.18 Å². The van der Waals surface area contributed by atoms with Crippen LogP contribution in [0.1, 0.15) is 78.9 Å². The number of benzene rings is 2. The summed E-state index contributed by atoms with van der Waals surface area (Å²) in [7, 11) is 1.28. The predicted molar refractivity (Wildman–Crippen MR) is 153 cm³/mol. The molecular weight excluding hydrogens is 623 g/mol. The van der Waals surface area contributed by atoms with Crippen molar-refractivity contribution in [3.8, 4) is 0 Å². The van der Waals surface area contributed by atoms with Crippen molar-refractivity contribution in [3.05, 3.63) is 70.0 Å². The van der Waals surface area contributed by atoms with Crippen LogP contribution in [-0.2, 0) is 21.9 Å². The van der Waals surface area contributed by atoms with E-state index in [1.165, 1.54) is 37.1 Å². The number of carbonyl (C=O) groups excluding carboxylic acids is 2. The van der Waals surface area contributed by atoms with Crippen molar-refractivity contribution in [3.63, 3.8) is 0 Å². The van der Waals surface area contributed by atoms with Crippen molar-refractivity contribution in [1.82, 2.24) is 14.7 Å². The van der Waals surface area contributed by atoms with Gasteiger partial charge in [0.25, 0.3) is 0 Å². The number of carboxylic acid groups (broad SMARTS) is 1. The maximum atomic E-state index is 14.0. The molecule has 0 bridgehead atoms. The standard InChI is InChI=1S/C32H36F7N3O4/c1-18-12-25(33)8-9-26(18)27-17-41(29(45)21-6-4-20(5-7-21)13-28(43)44)10-11-42(27)30(46)40(3)19(2)22-14-23(31(34,35)36)16-24(15-22)32(37,38)39/h8-9,12,14-16,19-21,27H,4-7,10-11,13,17H2,1-3H3,(H,43,44)/t19?,20?,21?,27-/m1/s1. The zero-order valence-electron chi connectivity index (χ0n) is 25.6. The average Bonchev–Trinajstić information content (AvgIpc) is 2.98. The fraction of sp³-hybridized carbons (Fsp3) is 0.531. The first kappa shape index (κ1) is 35.0. The Hall–Kier alpha value is -3.84. The molecule has 252 valence electrons. The number of urea groups is 1. The van der Waals surface area contributed by atoms with Crippen molar-refractivity contribution in [2.24, 2.45) is 11.8 Å². The summed E-state index contributed by atoms with van der Waals surface area (Å²) in [6, 6.07) is 2.52. The highest BCUT2D eigenvalue weighted by Crippen LogP contribution is 2.39. The number of carboxylic acids is 1. The van der Waals surface area contributed by atoms with Crippen LogP contribution in [-0.4, -0.2) is 64.4 Å². The number of nitrogens with zero attached hydrogens (tertiary/aromatic N) is 3. The van der Waals surface area contributed by atoms with Gasteiger partial charge in [-0.1, -0.05) is 6.07 Å². The number of aliphatic carboxylic acids is 1. The topological polar surface area (TPSA) is 81.2 Å². The molecular formula is C32H36F7N3O4. The van der Waals surface area contributed by atoms with Gasteiger partial charge in [-0.2, -0.15) is 26.3 Å². The van der Waals surface area contributed by atoms with Crippen LogP contribution in [0.3, 0.4) is 0 Å². The normalized spacial score (nSPS) is 21.6. The Morgan fingerprint density at radius 3 is 2.04 bits per heavy atom. The van der Waals surface area contributed by atoms with Gasteiger partial charge in [0, 0.05) is 39.0 Å². The van der Waals surface area contributed by atoms with Crippen LogP contribution >= 0.6 is 0 Å². The lowest BCUT2D eigenvalue weighted by atomic mass is 9.80. The van der Waals surface area contributed by atoms with Gasteiger partial charge in [0.2, 0.25) is 5.91 Å².